The fraction of sp³-hybridized carbons (Fsp3) is 0.0400. The van der Waals surface area contributed by atoms with Gasteiger partial charge >= 0.3 is 12.1 Å². The van der Waals surface area contributed by atoms with Crippen LogP contribution in [0.4, 0.5) is 33.5 Å². The lowest BCUT2D eigenvalue weighted by molar-refractivity contribution is -0.192. The highest BCUT2D eigenvalue weighted by molar-refractivity contribution is 6.04. The number of hydrogen-bond donors (Lipinski definition) is 3. The molecule has 2 aromatic carbocycles. The lowest BCUT2D eigenvalue weighted by Crippen LogP contribution is -2.24. The van der Waals surface area contributed by atoms with Gasteiger partial charge in [-0.15, -0.1) is 0 Å². The van der Waals surface area contributed by atoms with E-state index in [-0.39, 0.29) is 22.8 Å². The first-order valence-electron chi connectivity index (χ1n) is 10.6. The van der Waals surface area contributed by atoms with Crippen LogP contribution in [0.15, 0.2) is 83.9 Å². The Balaban J connectivity index is 0.000000532. The second-order valence-corrected chi connectivity index (χ2v) is 7.49. The van der Waals surface area contributed by atoms with Crippen LogP contribution < -0.4 is 21.3 Å². The van der Waals surface area contributed by atoms with Crippen LogP contribution in [-0.4, -0.2) is 32.7 Å². The van der Waals surface area contributed by atoms with Gasteiger partial charge in [-0.05, 0) is 60.7 Å². The Kier molecular flexibility index (Phi) is 8.60. The highest BCUT2D eigenvalue weighted by Crippen LogP contribution is 2.26. The van der Waals surface area contributed by atoms with Gasteiger partial charge in [0.25, 0.3) is 11.5 Å². The molecule has 2 aromatic heterocycles. The molecule has 202 valence electrons. The van der Waals surface area contributed by atoms with Gasteiger partial charge < -0.3 is 20.9 Å². The van der Waals surface area contributed by atoms with Gasteiger partial charge in [0.15, 0.2) is 11.6 Å². The van der Waals surface area contributed by atoms with Crippen molar-refractivity contribution in [1.82, 2.24) is 9.55 Å². The standard InChI is InChI=1S/C23H16F2N4O3.C2HF3O2/c24-15-4-6-16(7-5-15)29-11-1-2-19(23(29)31)28-22(30)14-3-8-20(18(25)12-14)32-17-9-10-27-21(26)13-17;3-2(4,5)1(6)7/h1-13H,(H2,26,27)(H,28,30);(H,6,7). The topological polar surface area (TPSA) is 137 Å². The summed E-state index contributed by atoms with van der Waals surface area (Å²) in [7, 11) is 0. The third-order valence-electron chi connectivity index (χ3n) is 4.72. The molecule has 0 radical (unpaired) electrons. The Morgan fingerprint density at radius 1 is 1.00 bits per heavy atom. The number of carboxylic acids is 1. The van der Waals surface area contributed by atoms with Crippen molar-refractivity contribution in [2.45, 2.75) is 6.18 Å². The van der Waals surface area contributed by atoms with Gasteiger partial charge in [0.2, 0.25) is 0 Å². The minimum Gasteiger partial charge on any atom is -0.475 e. The lowest BCUT2D eigenvalue weighted by atomic mass is 10.2. The Hall–Kier alpha value is -5.27. The largest absolute Gasteiger partial charge is 0.490 e. The average molecular weight is 548 g/mol. The van der Waals surface area contributed by atoms with Gasteiger partial charge in [-0.2, -0.15) is 13.2 Å². The molecule has 0 saturated heterocycles. The number of hydrogen-bond acceptors (Lipinski definition) is 6. The Morgan fingerprint density at radius 2 is 1.67 bits per heavy atom. The van der Waals surface area contributed by atoms with Crippen LogP contribution in [0.1, 0.15) is 10.4 Å². The summed E-state index contributed by atoms with van der Waals surface area (Å²) >= 11 is 0. The van der Waals surface area contributed by atoms with Gasteiger partial charge in [0.05, 0.1) is 0 Å². The van der Waals surface area contributed by atoms with Crippen molar-refractivity contribution in [3.63, 3.8) is 0 Å². The summed E-state index contributed by atoms with van der Waals surface area (Å²) in [6, 6.07) is 14.9. The number of aliphatic carboxylic acids is 1. The van der Waals surface area contributed by atoms with Crippen LogP contribution in [0.25, 0.3) is 5.69 Å². The number of carboxylic acid groups (broad SMARTS) is 1. The first kappa shape index (κ1) is 28.3. The predicted octanol–water partition coefficient (Wildman–Crippen LogP) is 4.77. The summed E-state index contributed by atoms with van der Waals surface area (Å²) < 4.78 is 66.1. The number of alkyl halides is 3. The average Bonchev–Trinajstić information content (AvgIpc) is 2.87. The highest BCUT2D eigenvalue weighted by Gasteiger charge is 2.38. The van der Waals surface area contributed by atoms with Crippen LogP contribution in [0.2, 0.25) is 0 Å². The van der Waals surface area contributed by atoms with E-state index in [0.29, 0.717) is 11.4 Å². The highest BCUT2D eigenvalue weighted by atomic mass is 19.4. The number of pyridine rings is 2. The van der Waals surface area contributed by atoms with Gasteiger partial charge in [-0.1, -0.05) is 0 Å². The molecular formula is C25H17F5N4O5. The molecule has 1 amide bonds. The first-order chi connectivity index (χ1) is 18.3. The van der Waals surface area contributed by atoms with Crippen LogP contribution in [0.5, 0.6) is 11.5 Å². The number of carbonyl (C=O) groups excluding carboxylic acids is 1. The Labute approximate surface area is 215 Å². The van der Waals surface area contributed by atoms with Crippen LogP contribution in [0, 0.1) is 11.6 Å². The predicted molar refractivity (Wildman–Crippen MR) is 129 cm³/mol. The maximum atomic E-state index is 14.5. The number of ether oxygens (including phenoxy) is 1. The number of benzene rings is 2. The van der Waals surface area contributed by atoms with E-state index in [9.17, 15) is 31.5 Å². The molecule has 0 saturated carbocycles. The molecule has 0 fully saturated rings. The van der Waals surface area contributed by atoms with Gasteiger partial charge in [-0.25, -0.2) is 18.6 Å². The molecule has 14 heteroatoms. The minimum atomic E-state index is -5.08. The summed E-state index contributed by atoms with van der Waals surface area (Å²) in [5, 5.41) is 9.60. The number of halogens is 5. The number of carbonyl (C=O) groups is 2. The SMILES string of the molecule is Nc1cc(Oc2ccc(C(=O)Nc3cccn(-c4ccc(F)cc4)c3=O)cc2F)ccn1.O=C(O)C(F)(F)F. The molecule has 2 heterocycles. The van der Waals surface area contributed by atoms with E-state index >= 15 is 0 Å². The van der Waals surface area contributed by atoms with Crippen molar-refractivity contribution in [2.24, 2.45) is 0 Å². The molecule has 0 aliphatic rings. The third kappa shape index (κ3) is 7.61. The van der Waals surface area contributed by atoms with Crippen molar-refractivity contribution in [1.29, 1.82) is 0 Å². The molecule has 0 aliphatic heterocycles. The van der Waals surface area contributed by atoms with E-state index in [1.54, 1.807) is 6.07 Å². The molecule has 4 aromatic rings. The van der Waals surface area contributed by atoms with Crippen LogP contribution >= 0.6 is 0 Å². The summed E-state index contributed by atoms with van der Waals surface area (Å²) in [6.45, 7) is 0. The number of amides is 1. The zero-order valence-electron chi connectivity index (χ0n) is 19.4. The second kappa shape index (κ2) is 11.9. The van der Waals surface area contributed by atoms with Crippen molar-refractivity contribution < 1.29 is 41.4 Å². The molecular weight excluding hydrogens is 531 g/mol. The maximum Gasteiger partial charge on any atom is 0.490 e. The third-order valence-corrected chi connectivity index (χ3v) is 4.72. The van der Waals surface area contributed by atoms with Crippen LogP contribution in [-0.2, 0) is 4.79 Å². The molecule has 4 rings (SSSR count). The van der Waals surface area contributed by atoms with Crippen molar-refractivity contribution in [3.05, 3.63) is 107 Å². The summed E-state index contributed by atoms with van der Waals surface area (Å²) in [6.07, 6.45) is -2.17. The Morgan fingerprint density at radius 3 is 2.26 bits per heavy atom. The number of aromatic nitrogens is 2. The number of nitrogens with two attached hydrogens (primary N) is 1. The summed E-state index contributed by atoms with van der Waals surface area (Å²) in [5.74, 6) is -4.25. The molecule has 0 bridgehead atoms. The lowest BCUT2D eigenvalue weighted by Gasteiger charge is -2.11. The number of nitrogens with zero attached hydrogens (tertiary/aromatic N) is 2. The van der Waals surface area contributed by atoms with Gasteiger partial charge in [0, 0.05) is 29.7 Å². The van der Waals surface area contributed by atoms with Gasteiger partial charge in [0.1, 0.15) is 23.1 Å². The summed E-state index contributed by atoms with van der Waals surface area (Å²) in [4.78, 5) is 38.0. The maximum absolute atomic E-state index is 14.5. The fourth-order valence-corrected chi connectivity index (χ4v) is 2.93. The zero-order chi connectivity index (χ0) is 28.7. The number of rotatable bonds is 5. The fourth-order valence-electron chi connectivity index (χ4n) is 2.93. The van der Waals surface area contributed by atoms with Gasteiger partial charge in [-0.3, -0.25) is 14.2 Å². The number of nitrogens with one attached hydrogen (secondary N) is 1. The molecule has 0 atom stereocenters. The second-order valence-electron chi connectivity index (χ2n) is 7.49. The molecule has 4 N–H and O–H groups in total. The monoisotopic (exact) mass is 548 g/mol. The van der Waals surface area contributed by atoms with Crippen molar-refractivity contribution in [2.75, 3.05) is 11.1 Å². The normalized spacial score (nSPS) is 10.7. The van der Waals surface area contributed by atoms with E-state index < -0.39 is 35.2 Å². The quantitative estimate of drug-likeness (QED) is 0.306. The van der Waals surface area contributed by atoms with E-state index in [2.05, 4.69) is 10.3 Å². The van der Waals surface area contributed by atoms with Crippen molar-refractivity contribution in [3.8, 4) is 17.2 Å². The summed E-state index contributed by atoms with van der Waals surface area (Å²) in [5.41, 5.74) is 5.44. The smallest absolute Gasteiger partial charge is 0.475 e. The first-order valence-corrected chi connectivity index (χ1v) is 10.6. The zero-order valence-corrected chi connectivity index (χ0v) is 19.4. The van der Waals surface area contributed by atoms with Crippen LogP contribution in [0.3, 0.4) is 0 Å². The number of nitrogen functional groups attached to an aromatic ring is 1. The van der Waals surface area contributed by atoms with E-state index in [1.807, 2.05) is 0 Å². The van der Waals surface area contributed by atoms with E-state index in [4.69, 9.17) is 20.4 Å². The number of anilines is 2. The van der Waals surface area contributed by atoms with E-state index in [1.165, 1.54) is 71.6 Å². The molecule has 0 aliphatic carbocycles. The molecule has 0 spiro atoms. The van der Waals surface area contributed by atoms with E-state index in [0.717, 1.165) is 6.07 Å². The van der Waals surface area contributed by atoms with Crippen molar-refractivity contribution >= 4 is 23.4 Å². The molecule has 9 nitrogen and oxygen atoms in total. The molecule has 0 unspecified atom stereocenters. The Bertz CT molecular complexity index is 1560. The molecule has 39 heavy (non-hydrogen) atoms. The minimum absolute atomic E-state index is 0.0133.